The van der Waals surface area contributed by atoms with Crippen molar-refractivity contribution < 1.29 is 29.0 Å². The van der Waals surface area contributed by atoms with Gasteiger partial charge in [0.05, 0.1) is 17.8 Å². The first-order valence-corrected chi connectivity index (χ1v) is 12.4. The number of aromatic amines is 1. The number of thiazole rings is 1. The van der Waals surface area contributed by atoms with E-state index in [9.17, 15) is 19.5 Å². The number of amides is 2. The summed E-state index contributed by atoms with van der Waals surface area (Å²) >= 11 is 6.97. The van der Waals surface area contributed by atoms with Gasteiger partial charge in [-0.25, -0.2) is 14.8 Å². The van der Waals surface area contributed by atoms with E-state index in [4.69, 9.17) is 21.1 Å². The molecule has 14 heteroatoms. The minimum Gasteiger partial charge on any atom is -0.477 e. The Morgan fingerprint density at radius 3 is 2.66 bits per heavy atom. The summed E-state index contributed by atoms with van der Waals surface area (Å²) < 4.78 is 10.9. The number of nitrogens with zero attached hydrogens (tertiary/aromatic N) is 3. The molecule has 1 aliphatic heterocycles. The van der Waals surface area contributed by atoms with Gasteiger partial charge in [0, 0.05) is 26.8 Å². The van der Waals surface area contributed by atoms with Crippen LogP contribution in [0.3, 0.4) is 0 Å². The molecule has 3 rings (SSSR count). The molecule has 3 atom stereocenters. The van der Waals surface area contributed by atoms with E-state index in [1.807, 2.05) is 18.7 Å². The molecule has 2 amide bonds. The number of anilines is 1. The number of nitrogens with one attached hydrogen (secondary N) is 3. The highest BCUT2D eigenvalue weighted by Gasteiger charge is 2.34. The molecule has 35 heavy (non-hydrogen) atoms. The minimum atomic E-state index is -1.24. The number of carbonyl (C=O) groups is 3. The second-order valence-electron chi connectivity index (χ2n) is 7.85. The van der Waals surface area contributed by atoms with Crippen LogP contribution in [0.5, 0.6) is 0 Å². The number of imidazole rings is 1. The molecule has 4 N–H and O–H groups in total. The lowest BCUT2D eigenvalue weighted by Crippen LogP contribution is -2.55. The van der Waals surface area contributed by atoms with E-state index in [1.165, 1.54) is 7.11 Å². The fourth-order valence-corrected chi connectivity index (χ4v) is 4.86. The quantitative estimate of drug-likeness (QED) is 0.338. The Labute approximate surface area is 211 Å². The number of hydrogen-bond donors (Lipinski definition) is 4. The van der Waals surface area contributed by atoms with Gasteiger partial charge in [0.25, 0.3) is 11.8 Å². The number of H-pyrrole nitrogens is 1. The van der Waals surface area contributed by atoms with Gasteiger partial charge in [0.2, 0.25) is 0 Å². The van der Waals surface area contributed by atoms with Gasteiger partial charge in [-0.05, 0) is 26.7 Å². The van der Waals surface area contributed by atoms with Crippen LogP contribution >= 0.6 is 22.9 Å². The maximum atomic E-state index is 12.7. The zero-order chi connectivity index (χ0) is 25.7. The number of rotatable bonds is 10. The molecule has 1 saturated heterocycles. The van der Waals surface area contributed by atoms with Crippen molar-refractivity contribution in [2.75, 3.05) is 31.7 Å². The van der Waals surface area contributed by atoms with Crippen molar-refractivity contribution in [3.63, 3.8) is 0 Å². The highest BCUT2D eigenvalue weighted by Crippen LogP contribution is 2.30. The first-order valence-electron chi connectivity index (χ1n) is 11.2. The first-order chi connectivity index (χ1) is 16.7. The Balaban J connectivity index is 1.75. The van der Waals surface area contributed by atoms with E-state index < -0.39 is 24.2 Å². The summed E-state index contributed by atoms with van der Waals surface area (Å²) in [7, 11) is 1.43. The van der Waals surface area contributed by atoms with Crippen molar-refractivity contribution in [2.24, 2.45) is 0 Å². The van der Waals surface area contributed by atoms with Crippen LogP contribution < -0.4 is 15.5 Å². The monoisotopic (exact) mass is 528 g/mol. The lowest BCUT2D eigenvalue weighted by Gasteiger charge is -2.38. The van der Waals surface area contributed by atoms with Crippen LogP contribution in [-0.4, -0.2) is 83.0 Å². The van der Waals surface area contributed by atoms with Crippen LogP contribution in [0.2, 0.25) is 5.15 Å². The molecule has 0 spiro atoms. The second kappa shape index (κ2) is 11.8. The Morgan fingerprint density at radius 1 is 1.31 bits per heavy atom. The predicted molar refractivity (Wildman–Crippen MR) is 129 cm³/mol. The fourth-order valence-electron chi connectivity index (χ4n) is 3.66. The van der Waals surface area contributed by atoms with E-state index in [1.54, 1.807) is 6.92 Å². The van der Waals surface area contributed by atoms with Gasteiger partial charge < -0.3 is 35.1 Å². The number of aryl methyl sites for hydroxylation is 1. The number of hydrogen-bond acceptors (Lipinski definition) is 9. The van der Waals surface area contributed by atoms with Gasteiger partial charge in [0.1, 0.15) is 11.1 Å². The van der Waals surface area contributed by atoms with Crippen LogP contribution in [0.25, 0.3) is 0 Å². The summed E-state index contributed by atoms with van der Waals surface area (Å²) in [5, 5.41) is 15.8. The minimum absolute atomic E-state index is 0.136. The molecule has 192 valence electrons. The molecule has 0 saturated carbocycles. The average molecular weight is 529 g/mol. The van der Waals surface area contributed by atoms with Crippen LogP contribution in [0.15, 0.2) is 0 Å². The molecule has 0 aromatic carbocycles. The Morgan fingerprint density at radius 2 is 2.06 bits per heavy atom. The summed E-state index contributed by atoms with van der Waals surface area (Å²) in [6.07, 6.45) is 0.135. The topological polar surface area (TPSA) is 159 Å². The lowest BCUT2D eigenvalue weighted by molar-refractivity contribution is 0.0271. The van der Waals surface area contributed by atoms with Gasteiger partial charge >= 0.3 is 5.97 Å². The number of piperidine rings is 1. The zero-order valence-electron chi connectivity index (χ0n) is 19.9. The summed E-state index contributed by atoms with van der Waals surface area (Å²) in [4.78, 5) is 50.1. The fraction of sp³-hybridized carbons (Fsp3) is 0.571. The van der Waals surface area contributed by atoms with E-state index in [0.29, 0.717) is 43.4 Å². The highest BCUT2D eigenvalue weighted by molar-refractivity contribution is 7.17. The molecule has 2 aromatic heterocycles. The maximum absolute atomic E-state index is 12.7. The van der Waals surface area contributed by atoms with Gasteiger partial charge in [-0.15, -0.1) is 0 Å². The molecule has 0 aliphatic carbocycles. The summed E-state index contributed by atoms with van der Waals surface area (Å²) in [6, 6.07) is -0.308. The normalized spacial score (nSPS) is 18.8. The van der Waals surface area contributed by atoms with Gasteiger partial charge in [-0.3, -0.25) is 9.59 Å². The van der Waals surface area contributed by atoms with Crippen molar-refractivity contribution in [3.8, 4) is 0 Å². The smallest absolute Gasteiger partial charge is 0.348 e. The molecular formula is C21H29ClN6O6S. The third-order valence-electron chi connectivity index (χ3n) is 5.54. The molecule has 1 fully saturated rings. The Kier molecular flexibility index (Phi) is 9.05. The highest BCUT2D eigenvalue weighted by atomic mass is 35.5. The molecule has 3 unspecified atom stereocenters. The number of halogens is 1. The lowest BCUT2D eigenvalue weighted by atomic mass is 10.0. The third-order valence-corrected chi connectivity index (χ3v) is 6.95. The summed E-state index contributed by atoms with van der Waals surface area (Å²) in [6.45, 7) is 6.61. The molecule has 3 heterocycles. The van der Waals surface area contributed by atoms with Crippen LogP contribution in [0.4, 0.5) is 5.13 Å². The van der Waals surface area contributed by atoms with Gasteiger partial charge in [-0.2, -0.15) is 0 Å². The summed E-state index contributed by atoms with van der Waals surface area (Å²) in [5.41, 5.74) is 0.511. The zero-order valence-corrected chi connectivity index (χ0v) is 21.5. The van der Waals surface area contributed by atoms with Crippen molar-refractivity contribution in [1.82, 2.24) is 25.6 Å². The average Bonchev–Trinajstić information content (AvgIpc) is 3.44. The molecule has 0 bridgehead atoms. The molecule has 1 aliphatic rings. The number of methoxy groups -OCH3 is 1. The number of carboxylic acids is 1. The molecule has 2 aromatic rings. The third kappa shape index (κ3) is 6.28. The van der Waals surface area contributed by atoms with Gasteiger partial charge in [-0.1, -0.05) is 29.9 Å². The second-order valence-corrected chi connectivity index (χ2v) is 9.18. The first kappa shape index (κ1) is 26.9. The standard InChI is InChI=1S/C21H29ClN6O6S/c1-5-11-16(22)27-17(24-11)19(30)25-12-7-8-28(9-13(12)34-6-2)21-26-14(15(35-21)20(31)32)18(29)23-10(3)33-4/h10,12-13H,5-9H2,1-4H3,(H,23,29)(H,24,27)(H,25,30)(H,31,32). The number of carboxylic acid groups (broad SMARTS) is 1. The van der Waals surface area contributed by atoms with Crippen LogP contribution in [0, 0.1) is 0 Å². The van der Waals surface area contributed by atoms with E-state index in [2.05, 4.69) is 25.6 Å². The van der Waals surface area contributed by atoms with Crippen molar-refractivity contribution >= 4 is 45.9 Å². The number of ether oxygens (including phenoxy) is 2. The number of aromatic carboxylic acids is 1. The van der Waals surface area contributed by atoms with E-state index >= 15 is 0 Å². The SMILES string of the molecule is CCOC1CN(c2nc(C(=O)NC(C)OC)c(C(=O)O)s2)CCC1NC(=O)c1nc(Cl)c(CC)[nH]1. The van der Waals surface area contributed by atoms with Crippen molar-refractivity contribution in [2.45, 2.75) is 52.0 Å². The van der Waals surface area contributed by atoms with Crippen LogP contribution in [0.1, 0.15) is 63.7 Å². The predicted octanol–water partition coefficient (Wildman–Crippen LogP) is 1.92. The van der Waals surface area contributed by atoms with Gasteiger partial charge in [0.15, 0.2) is 21.8 Å². The van der Waals surface area contributed by atoms with E-state index in [-0.39, 0.29) is 33.5 Å². The summed E-state index contributed by atoms with van der Waals surface area (Å²) in [5.74, 6) is -2.12. The maximum Gasteiger partial charge on any atom is 0.348 e. The van der Waals surface area contributed by atoms with Crippen molar-refractivity contribution in [1.29, 1.82) is 0 Å². The van der Waals surface area contributed by atoms with Crippen molar-refractivity contribution in [3.05, 3.63) is 27.2 Å². The van der Waals surface area contributed by atoms with E-state index in [0.717, 1.165) is 11.3 Å². The number of carbonyl (C=O) groups excluding carboxylic acids is 2. The Bertz CT molecular complexity index is 1070. The number of aromatic nitrogens is 3. The molecular weight excluding hydrogens is 500 g/mol. The molecule has 12 nitrogen and oxygen atoms in total. The Hall–Kier alpha value is -2.74. The largest absolute Gasteiger partial charge is 0.477 e. The van der Waals surface area contributed by atoms with Crippen LogP contribution in [-0.2, 0) is 15.9 Å². The molecule has 0 radical (unpaired) electrons.